The zero-order valence-corrected chi connectivity index (χ0v) is 10.4. The van der Waals surface area contributed by atoms with Crippen LogP contribution in [0, 0.1) is 12.8 Å². The van der Waals surface area contributed by atoms with Crippen LogP contribution >= 0.6 is 0 Å². The van der Waals surface area contributed by atoms with Crippen LogP contribution in [-0.2, 0) is 0 Å². The van der Waals surface area contributed by atoms with Gasteiger partial charge in [-0.2, -0.15) is 0 Å². The molecule has 1 aromatic rings. The van der Waals surface area contributed by atoms with Gasteiger partial charge in [0.1, 0.15) is 0 Å². The van der Waals surface area contributed by atoms with Crippen molar-refractivity contribution in [1.82, 2.24) is 0 Å². The van der Waals surface area contributed by atoms with Crippen LogP contribution in [0.15, 0.2) is 18.2 Å². The van der Waals surface area contributed by atoms with Crippen molar-refractivity contribution in [2.24, 2.45) is 5.92 Å². The van der Waals surface area contributed by atoms with Gasteiger partial charge in [0.2, 0.25) is 0 Å². The molecule has 0 amide bonds. The molecule has 1 aliphatic rings. The molecule has 3 heteroatoms. The van der Waals surface area contributed by atoms with Crippen molar-refractivity contribution in [1.29, 1.82) is 0 Å². The van der Waals surface area contributed by atoms with Gasteiger partial charge in [-0.3, -0.25) is 0 Å². The Balaban J connectivity index is 2.22. The first-order chi connectivity index (χ1) is 8.08. The van der Waals surface area contributed by atoms with Gasteiger partial charge in [-0.15, -0.1) is 0 Å². The maximum Gasteiger partial charge on any atom is 0.335 e. The molecule has 1 fully saturated rings. The van der Waals surface area contributed by atoms with Gasteiger partial charge < -0.3 is 10.0 Å². The number of aromatic carboxylic acids is 1. The van der Waals surface area contributed by atoms with Crippen LogP contribution in [0.25, 0.3) is 0 Å². The van der Waals surface area contributed by atoms with Crippen LogP contribution < -0.4 is 4.90 Å². The monoisotopic (exact) mass is 233 g/mol. The number of benzene rings is 1. The predicted octanol–water partition coefficient (Wildman–Crippen LogP) is 2.93. The molecule has 92 valence electrons. The highest BCUT2D eigenvalue weighted by Crippen LogP contribution is 2.24. The molecule has 2 rings (SSSR count). The van der Waals surface area contributed by atoms with Crippen molar-refractivity contribution < 1.29 is 9.90 Å². The minimum atomic E-state index is -0.846. The van der Waals surface area contributed by atoms with Gasteiger partial charge in [0, 0.05) is 18.8 Å². The molecule has 17 heavy (non-hydrogen) atoms. The van der Waals surface area contributed by atoms with Crippen LogP contribution in [-0.4, -0.2) is 24.2 Å². The lowest BCUT2D eigenvalue weighted by molar-refractivity contribution is 0.0696. The fraction of sp³-hybridized carbons (Fsp3) is 0.500. The fourth-order valence-electron chi connectivity index (χ4n) is 2.51. The van der Waals surface area contributed by atoms with E-state index >= 15 is 0 Å². The van der Waals surface area contributed by atoms with Gasteiger partial charge in [0.15, 0.2) is 0 Å². The maximum atomic E-state index is 10.9. The largest absolute Gasteiger partial charge is 0.478 e. The molecule has 0 aliphatic carbocycles. The summed E-state index contributed by atoms with van der Waals surface area (Å²) in [7, 11) is 0. The zero-order chi connectivity index (χ0) is 12.4. The predicted molar refractivity (Wildman–Crippen MR) is 68.7 cm³/mol. The van der Waals surface area contributed by atoms with Crippen molar-refractivity contribution in [2.45, 2.75) is 26.7 Å². The number of carboxylic acid groups (broad SMARTS) is 1. The van der Waals surface area contributed by atoms with Crippen LogP contribution in [0.5, 0.6) is 0 Å². The lowest BCUT2D eigenvalue weighted by atomic mass is 9.99. The van der Waals surface area contributed by atoms with Gasteiger partial charge in [0.25, 0.3) is 0 Å². The zero-order valence-electron chi connectivity index (χ0n) is 10.4. The molecule has 1 heterocycles. The Hall–Kier alpha value is -1.51. The highest BCUT2D eigenvalue weighted by atomic mass is 16.4. The molecule has 1 saturated heterocycles. The average Bonchev–Trinajstić information content (AvgIpc) is 2.28. The van der Waals surface area contributed by atoms with Gasteiger partial charge in [-0.05, 0) is 49.4 Å². The topological polar surface area (TPSA) is 40.5 Å². The molecule has 3 nitrogen and oxygen atoms in total. The van der Waals surface area contributed by atoms with E-state index in [-0.39, 0.29) is 0 Å². The smallest absolute Gasteiger partial charge is 0.335 e. The molecule has 1 unspecified atom stereocenters. The summed E-state index contributed by atoms with van der Waals surface area (Å²) in [5.41, 5.74) is 2.39. The molecule has 1 atom stereocenters. The molecule has 0 radical (unpaired) electrons. The molecule has 1 aliphatic heterocycles. The molecule has 0 bridgehead atoms. The summed E-state index contributed by atoms with van der Waals surface area (Å²) in [6.45, 7) is 6.28. The Morgan fingerprint density at radius 3 is 2.82 bits per heavy atom. The van der Waals surface area contributed by atoms with Crippen molar-refractivity contribution >= 4 is 11.7 Å². The number of aryl methyl sites for hydroxylation is 1. The second-order valence-corrected chi connectivity index (χ2v) is 5.00. The Morgan fingerprint density at radius 2 is 2.24 bits per heavy atom. The average molecular weight is 233 g/mol. The normalized spacial score (nSPS) is 20.4. The number of rotatable bonds is 2. The second kappa shape index (κ2) is 4.78. The quantitative estimate of drug-likeness (QED) is 0.853. The lowest BCUT2D eigenvalue weighted by Gasteiger charge is -2.33. The Kier molecular flexibility index (Phi) is 3.36. The number of anilines is 1. The molecule has 0 spiro atoms. The summed E-state index contributed by atoms with van der Waals surface area (Å²) in [6, 6.07) is 5.63. The van der Waals surface area contributed by atoms with Crippen molar-refractivity contribution in [3.05, 3.63) is 29.3 Å². The van der Waals surface area contributed by atoms with Gasteiger partial charge in [-0.1, -0.05) is 6.92 Å². The van der Waals surface area contributed by atoms with E-state index in [1.807, 2.05) is 19.1 Å². The first-order valence-electron chi connectivity index (χ1n) is 6.17. The highest BCUT2D eigenvalue weighted by Gasteiger charge is 2.17. The maximum absolute atomic E-state index is 10.9. The second-order valence-electron chi connectivity index (χ2n) is 5.00. The SMILES string of the molecule is Cc1cc(N2CCCC(C)C2)ccc1C(=O)O. The van der Waals surface area contributed by atoms with E-state index in [2.05, 4.69) is 11.8 Å². The van der Waals surface area contributed by atoms with E-state index in [0.29, 0.717) is 5.56 Å². The first kappa shape index (κ1) is 12.0. The lowest BCUT2D eigenvalue weighted by Crippen LogP contribution is -2.34. The molecule has 0 aromatic heterocycles. The summed E-state index contributed by atoms with van der Waals surface area (Å²) in [6.07, 6.45) is 2.52. The number of nitrogens with zero attached hydrogens (tertiary/aromatic N) is 1. The standard InChI is InChI=1S/C14H19NO2/c1-10-4-3-7-15(9-10)12-5-6-13(14(16)17)11(2)8-12/h5-6,8,10H,3-4,7,9H2,1-2H3,(H,16,17). The first-order valence-corrected chi connectivity index (χ1v) is 6.17. The van der Waals surface area contributed by atoms with E-state index in [4.69, 9.17) is 5.11 Å². The minimum absolute atomic E-state index is 0.402. The molecule has 0 saturated carbocycles. The van der Waals surface area contributed by atoms with Crippen LogP contribution in [0.4, 0.5) is 5.69 Å². The summed E-state index contributed by atoms with van der Waals surface area (Å²) < 4.78 is 0. The molecular weight excluding hydrogens is 214 g/mol. The van der Waals surface area contributed by atoms with Gasteiger partial charge in [0.05, 0.1) is 5.56 Å². The van der Waals surface area contributed by atoms with E-state index < -0.39 is 5.97 Å². The van der Waals surface area contributed by atoms with Crippen LogP contribution in [0.3, 0.4) is 0 Å². The number of hydrogen-bond donors (Lipinski definition) is 1. The Bertz CT molecular complexity index is 428. The number of carboxylic acids is 1. The Morgan fingerprint density at radius 1 is 1.47 bits per heavy atom. The molecular formula is C14H19NO2. The summed E-state index contributed by atoms with van der Waals surface area (Å²) in [5.74, 6) is -0.121. The summed E-state index contributed by atoms with van der Waals surface area (Å²) in [4.78, 5) is 13.3. The van der Waals surface area contributed by atoms with Crippen molar-refractivity contribution in [2.75, 3.05) is 18.0 Å². The number of piperidine rings is 1. The van der Waals surface area contributed by atoms with E-state index in [1.54, 1.807) is 6.07 Å². The van der Waals surface area contributed by atoms with Crippen molar-refractivity contribution in [3.8, 4) is 0 Å². The van der Waals surface area contributed by atoms with Gasteiger partial charge in [-0.25, -0.2) is 4.79 Å². The molecule has 1 N–H and O–H groups in total. The number of hydrogen-bond acceptors (Lipinski definition) is 2. The minimum Gasteiger partial charge on any atom is -0.478 e. The van der Waals surface area contributed by atoms with E-state index in [1.165, 1.54) is 12.8 Å². The summed E-state index contributed by atoms with van der Waals surface area (Å²) in [5, 5.41) is 9.00. The van der Waals surface area contributed by atoms with E-state index in [0.717, 1.165) is 30.3 Å². The Labute approximate surface area is 102 Å². The van der Waals surface area contributed by atoms with Crippen LogP contribution in [0.2, 0.25) is 0 Å². The fourth-order valence-corrected chi connectivity index (χ4v) is 2.51. The van der Waals surface area contributed by atoms with Crippen molar-refractivity contribution in [3.63, 3.8) is 0 Å². The third-order valence-corrected chi connectivity index (χ3v) is 3.46. The van der Waals surface area contributed by atoms with E-state index in [9.17, 15) is 4.79 Å². The highest BCUT2D eigenvalue weighted by molar-refractivity contribution is 5.89. The third kappa shape index (κ3) is 2.60. The van der Waals surface area contributed by atoms with Gasteiger partial charge >= 0.3 is 5.97 Å². The van der Waals surface area contributed by atoms with Crippen LogP contribution in [0.1, 0.15) is 35.7 Å². The third-order valence-electron chi connectivity index (χ3n) is 3.46. The number of carbonyl (C=O) groups is 1. The molecule has 1 aromatic carbocycles. The summed E-state index contributed by atoms with van der Waals surface area (Å²) >= 11 is 0.